The number of hydrogen-bond acceptors (Lipinski definition) is 3. The fourth-order valence-electron chi connectivity index (χ4n) is 1.90. The molecule has 0 saturated carbocycles. The van der Waals surface area contributed by atoms with Gasteiger partial charge in [0.15, 0.2) is 0 Å². The summed E-state index contributed by atoms with van der Waals surface area (Å²) in [5, 5.41) is 8.93. The molecule has 1 aromatic carbocycles. The molecule has 1 rings (SSSR count). The van der Waals surface area contributed by atoms with Gasteiger partial charge in [0.1, 0.15) is 11.8 Å². The molecule has 0 heterocycles. The smallest absolute Gasteiger partial charge is 0.137 e. The molecule has 0 spiro atoms. The maximum atomic E-state index is 8.93. The van der Waals surface area contributed by atoms with Gasteiger partial charge in [-0.05, 0) is 38.1 Å². The number of nitriles is 1. The van der Waals surface area contributed by atoms with Crippen molar-refractivity contribution in [2.45, 2.75) is 26.7 Å². The van der Waals surface area contributed by atoms with Gasteiger partial charge in [0.25, 0.3) is 0 Å². The minimum atomic E-state index is 0.610. The zero-order valence-corrected chi connectivity index (χ0v) is 11.4. The first kappa shape index (κ1) is 14.5. The molecule has 0 bridgehead atoms. The van der Waals surface area contributed by atoms with Gasteiger partial charge < -0.3 is 9.64 Å². The summed E-state index contributed by atoms with van der Waals surface area (Å²) in [6.07, 6.45) is 2.18. The fraction of sp³-hybridized carbons (Fsp3) is 0.533. The highest BCUT2D eigenvalue weighted by Crippen LogP contribution is 2.16. The highest BCUT2D eigenvalue weighted by Gasteiger charge is 2.03. The summed E-state index contributed by atoms with van der Waals surface area (Å²) in [5.41, 5.74) is 0.610. The molecule has 0 aliphatic carbocycles. The number of ether oxygens (including phenoxy) is 1. The Hall–Kier alpha value is -1.53. The second kappa shape index (κ2) is 8.54. The highest BCUT2D eigenvalue weighted by molar-refractivity contribution is 5.42. The molecule has 0 N–H and O–H groups in total. The van der Waals surface area contributed by atoms with Crippen LogP contribution in [0.1, 0.15) is 32.3 Å². The van der Waals surface area contributed by atoms with Crippen LogP contribution in [0.25, 0.3) is 0 Å². The molecule has 0 aliphatic rings. The van der Waals surface area contributed by atoms with Crippen LogP contribution in [0.5, 0.6) is 5.75 Å². The fourth-order valence-corrected chi connectivity index (χ4v) is 1.90. The Labute approximate surface area is 110 Å². The van der Waals surface area contributed by atoms with Crippen LogP contribution in [0.15, 0.2) is 24.3 Å². The van der Waals surface area contributed by atoms with Crippen LogP contribution in [0, 0.1) is 11.3 Å². The summed E-state index contributed by atoms with van der Waals surface area (Å²) < 4.78 is 5.65. The van der Waals surface area contributed by atoms with Gasteiger partial charge in [0.2, 0.25) is 0 Å². The van der Waals surface area contributed by atoms with Crippen molar-refractivity contribution >= 4 is 0 Å². The largest absolute Gasteiger partial charge is 0.492 e. The van der Waals surface area contributed by atoms with Crippen LogP contribution in [-0.4, -0.2) is 31.1 Å². The number of para-hydroxylation sites is 1. The Bertz CT molecular complexity index is 384. The first-order chi connectivity index (χ1) is 8.81. The third kappa shape index (κ3) is 4.77. The lowest BCUT2D eigenvalue weighted by molar-refractivity contribution is 0.241. The first-order valence-electron chi connectivity index (χ1n) is 6.66. The van der Waals surface area contributed by atoms with Crippen molar-refractivity contribution in [1.82, 2.24) is 4.90 Å². The molecule has 0 atom stereocenters. The molecule has 0 aromatic heterocycles. The summed E-state index contributed by atoms with van der Waals surface area (Å²) >= 11 is 0. The van der Waals surface area contributed by atoms with Crippen LogP contribution in [0.3, 0.4) is 0 Å². The second-order valence-corrected chi connectivity index (χ2v) is 4.24. The normalized spacial score (nSPS) is 10.3. The summed E-state index contributed by atoms with van der Waals surface area (Å²) in [6.45, 7) is 8.33. The molecule has 0 saturated heterocycles. The van der Waals surface area contributed by atoms with Crippen molar-refractivity contribution in [2.24, 2.45) is 0 Å². The second-order valence-electron chi connectivity index (χ2n) is 4.24. The van der Waals surface area contributed by atoms with Crippen LogP contribution in [0.4, 0.5) is 0 Å². The highest BCUT2D eigenvalue weighted by atomic mass is 16.5. The maximum Gasteiger partial charge on any atom is 0.137 e. The molecule has 0 aliphatic heterocycles. The van der Waals surface area contributed by atoms with Crippen LogP contribution in [-0.2, 0) is 0 Å². The summed E-state index contributed by atoms with van der Waals surface area (Å²) in [6, 6.07) is 9.52. The lowest BCUT2D eigenvalue weighted by Crippen LogP contribution is -2.26. The van der Waals surface area contributed by atoms with Gasteiger partial charge in [-0.25, -0.2) is 0 Å². The molecule has 0 amide bonds. The average Bonchev–Trinajstić information content (AvgIpc) is 2.42. The minimum Gasteiger partial charge on any atom is -0.492 e. The molecule has 98 valence electrons. The van der Waals surface area contributed by atoms with Crippen molar-refractivity contribution in [2.75, 3.05) is 26.2 Å². The van der Waals surface area contributed by atoms with Gasteiger partial charge in [0.05, 0.1) is 12.2 Å². The standard InChI is InChI=1S/C15H22N2O/c1-3-10-17(4-2)11-7-12-18-15-9-6-5-8-14(15)13-16/h5-6,8-9H,3-4,7,10-12H2,1-2H3. The van der Waals surface area contributed by atoms with Crippen molar-refractivity contribution in [3.05, 3.63) is 29.8 Å². The van der Waals surface area contributed by atoms with E-state index in [1.807, 2.05) is 18.2 Å². The summed E-state index contributed by atoms with van der Waals surface area (Å²) in [7, 11) is 0. The van der Waals surface area contributed by atoms with Crippen molar-refractivity contribution in [3.63, 3.8) is 0 Å². The molecule has 3 heteroatoms. The van der Waals surface area contributed by atoms with Crippen molar-refractivity contribution in [3.8, 4) is 11.8 Å². The van der Waals surface area contributed by atoms with Crippen LogP contribution in [0.2, 0.25) is 0 Å². The molecule has 3 nitrogen and oxygen atoms in total. The van der Waals surface area contributed by atoms with Gasteiger partial charge in [-0.3, -0.25) is 0 Å². The SMILES string of the molecule is CCCN(CC)CCCOc1ccccc1C#N. The zero-order valence-electron chi connectivity index (χ0n) is 11.4. The molecule has 1 aromatic rings. The molecule has 0 fully saturated rings. The van der Waals surface area contributed by atoms with E-state index in [0.717, 1.165) is 26.1 Å². The van der Waals surface area contributed by atoms with E-state index < -0.39 is 0 Å². The number of rotatable bonds is 8. The van der Waals surface area contributed by atoms with Crippen molar-refractivity contribution < 1.29 is 4.74 Å². The Morgan fingerprint density at radius 2 is 2.00 bits per heavy atom. The first-order valence-corrected chi connectivity index (χ1v) is 6.66. The molecule has 0 radical (unpaired) electrons. The summed E-state index contributed by atoms with van der Waals surface area (Å²) in [4.78, 5) is 2.42. The topological polar surface area (TPSA) is 36.3 Å². The van der Waals surface area contributed by atoms with E-state index in [1.165, 1.54) is 6.42 Å². The van der Waals surface area contributed by atoms with Gasteiger partial charge in [0, 0.05) is 6.54 Å². The van der Waals surface area contributed by atoms with Crippen LogP contribution >= 0.6 is 0 Å². The van der Waals surface area contributed by atoms with E-state index >= 15 is 0 Å². The van der Waals surface area contributed by atoms with Gasteiger partial charge in [-0.2, -0.15) is 5.26 Å². The van der Waals surface area contributed by atoms with E-state index in [1.54, 1.807) is 6.07 Å². The minimum absolute atomic E-state index is 0.610. The van der Waals surface area contributed by atoms with Crippen molar-refractivity contribution in [1.29, 1.82) is 5.26 Å². The molecule has 18 heavy (non-hydrogen) atoms. The van der Waals surface area contributed by atoms with Gasteiger partial charge in [-0.1, -0.05) is 26.0 Å². The number of hydrogen-bond donors (Lipinski definition) is 0. The predicted octanol–water partition coefficient (Wildman–Crippen LogP) is 3.06. The predicted molar refractivity (Wildman–Crippen MR) is 73.7 cm³/mol. The number of nitrogens with zero attached hydrogens (tertiary/aromatic N) is 2. The lowest BCUT2D eigenvalue weighted by Gasteiger charge is -2.19. The van der Waals surface area contributed by atoms with E-state index in [2.05, 4.69) is 24.8 Å². The van der Waals surface area contributed by atoms with E-state index in [-0.39, 0.29) is 0 Å². The van der Waals surface area contributed by atoms with E-state index in [4.69, 9.17) is 10.00 Å². The Morgan fingerprint density at radius 3 is 2.67 bits per heavy atom. The Morgan fingerprint density at radius 1 is 1.22 bits per heavy atom. The zero-order chi connectivity index (χ0) is 13.2. The number of benzene rings is 1. The van der Waals surface area contributed by atoms with E-state index in [0.29, 0.717) is 17.9 Å². The Balaban J connectivity index is 2.31. The molecular weight excluding hydrogens is 224 g/mol. The third-order valence-corrected chi connectivity index (χ3v) is 2.87. The third-order valence-electron chi connectivity index (χ3n) is 2.87. The summed E-state index contributed by atoms with van der Waals surface area (Å²) in [5.74, 6) is 0.693. The van der Waals surface area contributed by atoms with Gasteiger partial charge in [-0.15, -0.1) is 0 Å². The van der Waals surface area contributed by atoms with E-state index in [9.17, 15) is 0 Å². The quantitative estimate of drug-likeness (QED) is 0.661. The maximum absolute atomic E-state index is 8.93. The van der Waals surface area contributed by atoms with Gasteiger partial charge >= 0.3 is 0 Å². The molecular formula is C15H22N2O. The monoisotopic (exact) mass is 246 g/mol. The van der Waals surface area contributed by atoms with Crippen LogP contribution < -0.4 is 4.74 Å². The molecule has 0 unspecified atom stereocenters. The lowest BCUT2D eigenvalue weighted by atomic mass is 10.2. The average molecular weight is 246 g/mol. The Kier molecular flexibility index (Phi) is 6.90.